The molecule has 3 rings (SSSR count). The van der Waals surface area contributed by atoms with Gasteiger partial charge in [-0.3, -0.25) is 19.3 Å². The first-order chi connectivity index (χ1) is 13.2. The predicted molar refractivity (Wildman–Crippen MR) is 112 cm³/mol. The quantitative estimate of drug-likeness (QED) is 0.484. The maximum Gasteiger partial charge on any atom is 0.293 e. The molecule has 1 saturated heterocycles. The minimum absolute atomic E-state index is 0.240. The van der Waals surface area contributed by atoms with Crippen LogP contribution in [0.15, 0.2) is 34.6 Å². The molecule has 28 heavy (non-hydrogen) atoms. The van der Waals surface area contributed by atoms with Crippen LogP contribution in [0.3, 0.4) is 0 Å². The summed E-state index contributed by atoms with van der Waals surface area (Å²) in [5, 5.41) is 1.41. The first kappa shape index (κ1) is 20.9. The van der Waals surface area contributed by atoms with E-state index in [9.17, 15) is 22.8 Å². The van der Waals surface area contributed by atoms with Gasteiger partial charge in [0.25, 0.3) is 11.1 Å². The number of nitrogens with zero attached hydrogens (tertiary/aromatic N) is 1. The Kier molecular flexibility index (Phi) is 6.50. The molecular formula is C17H16N2O5S4. The molecular weight excluding hydrogens is 440 g/mol. The van der Waals surface area contributed by atoms with Gasteiger partial charge < -0.3 is 0 Å². The van der Waals surface area contributed by atoms with Gasteiger partial charge in [0.05, 0.1) is 22.6 Å². The highest BCUT2D eigenvalue weighted by atomic mass is 32.2. The van der Waals surface area contributed by atoms with E-state index >= 15 is 0 Å². The number of thiophene rings is 2. The number of carbonyl (C=O) groups is 3. The van der Waals surface area contributed by atoms with E-state index in [2.05, 4.69) is 4.72 Å². The summed E-state index contributed by atoms with van der Waals surface area (Å²) in [6, 6.07) is 7.06. The zero-order valence-electron chi connectivity index (χ0n) is 14.7. The van der Waals surface area contributed by atoms with Gasteiger partial charge in [-0.1, -0.05) is 6.07 Å². The van der Waals surface area contributed by atoms with Gasteiger partial charge in [-0.2, -0.15) is 0 Å². The van der Waals surface area contributed by atoms with Crippen molar-refractivity contribution in [3.8, 4) is 0 Å². The lowest BCUT2D eigenvalue weighted by Gasteiger charge is -2.10. The standard InChI is InChI=1S/C17H16N2O5S4/c1-28(23,24)18-7-6-11-4-5-14(26-11)13(20)10-19-16(21)15(27-17(19)22)9-12-3-2-8-25-12/h2-5,8-9,18H,6-7,10H2,1H3/b15-9-. The maximum atomic E-state index is 12.5. The molecule has 0 spiro atoms. The van der Waals surface area contributed by atoms with E-state index in [0.29, 0.717) is 16.2 Å². The zero-order chi connectivity index (χ0) is 20.3. The molecule has 1 aliphatic heterocycles. The van der Waals surface area contributed by atoms with Crippen LogP contribution in [-0.2, 0) is 21.2 Å². The van der Waals surface area contributed by atoms with Crippen LogP contribution in [0.1, 0.15) is 19.4 Å². The molecule has 2 aromatic rings. The molecule has 2 amide bonds. The predicted octanol–water partition coefficient (Wildman–Crippen LogP) is 2.82. The SMILES string of the molecule is CS(=O)(=O)NCCc1ccc(C(=O)CN2C(=O)S/C(=C\c3cccs3)C2=O)s1. The van der Waals surface area contributed by atoms with Crippen LogP contribution < -0.4 is 4.72 Å². The van der Waals surface area contributed by atoms with Crippen molar-refractivity contribution in [2.45, 2.75) is 6.42 Å². The number of ketones is 1. The third kappa shape index (κ3) is 5.39. The van der Waals surface area contributed by atoms with E-state index in [4.69, 9.17) is 0 Å². The van der Waals surface area contributed by atoms with Gasteiger partial charge in [0.1, 0.15) is 0 Å². The van der Waals surface area contributed by atoms with Crippen molar-refractivity contribution in [1.29, 1.82) is 0 Å². The van der Waals surface area contributed by atoms with Crippen molar-refractivity contribution in [2.75, 3.05) is 19.3 Å². The minimum atomic E-state index is -3.26. The number of imide groups is 1. The Morgan fingerprint density at radius 2 is 2.04 bits per heavy atom. The van der Waals surface area contributed by atoms with E-state index in [0.717, 1.165) is 32.7 Å². The molecule has 0 radical (unpaired) electrons. The molecule has 1 aliphatic rings. The van der Waals surface area contributed by atoms with E-state index < -0.39 is 21.2 Å². The lowest BCUT2D eigenvalue weighted by molar-refractivity contribution is -0.122. The van der Waals surface area contributed by atoms with Gasteiger partial charge >= 0.3 is 0 Å². The summed E-state index contributed by atoms with van der Waals surface area (Å²) in [7, 11) is -3.26. The molecule has 3 heterocycles. The smallest absolute Gasteiger partial charge is 0.291 e. The Morgan fingerprint density at radius 1 is 1.25 bits per heavy atom. The summed E-state index contributed by atoms with van der Waals surface area (Å²) < 4.78 is 24.5. The van der Waals surface area contributed by atoms with Crippen molar-refractivity contribution in [3.05, 3.63) is 49.2 Å². The van der Waals surface area contributed by atoms with Crippen molar-refractivity contribution in [1.82, 2.24) is 9.62 Å². The highest BCUT2D eigenvalue weighted by Gasteiger charge is 2.36. The van der Waals surface area contributed by atoms with Gasteiger partial charge in [-0.25, -0.2) is 13.1 Å². The third-order valence-electron chi connectivity index (χ3n) is 3.66. The van der Waals surface area contributed by atoms with Crippen LogP contribution in [0.4, 0.5) is 4.79 Å². The summed E-state index contributed by atoms with van der Waals surface area (Å²) in [6.07, 6.45) is 3.19. The summed E-state index contributed by atoms with van der Waals surface area (Å²) in [6.45, 7) is -0.0718. The Balaban J connectivity index is 1.61. The fourth-order valence-electron chi connectivity index (χ4n) is 2.38. The summed E-state index contributed by atoms with van der Waals surface area (Å²) in [5.41, 5.74) is 0. The topological polar surface area (TPSA) is 101 Å². The molecule has 2 aromatic heterocycles. The van der Waals surface area contributed by atoms with E-state index in [1.807, 2.05) is 17.5 Å². The minimum Gasteiger partial charge on any atom is -0.291 e. The average molecular weight is 457 g/mol. The molecule has 11 heteroatoms. The molecule has 148 valence electrons. The molecule has 0 unspecified atom stereocenters. The highest BCUT2D eigenvalue weighted by molar-refractivity contribution is 8.18. The number of hydrogen-bond acceptors (Lipinski definition) is 8. The Bertz CT molecular complexity index is 1040. The lowest BCUT2D eigenvalue weighted by atomic mass is 10.3. The van der Waals surface area contributed by atoms with Gasteiger partial charge in [-0.05, 0) is 47.8 Å². The molecule has 1 N–H and O–H groups in total. The van der Waals surface area contributed by atoms with Crippen LogP contribution in [0.5, 0.6) is 0 Å². The molecule has 0 saturated carbocycles. The van der Waals surface area contributed by atoms with Crippen LogP contribution >= 0.6 is 34.4 Å². The normalized spacial score (nSPS) is 16.3. The third-order valence-corrected chi connectivity index (χ3v) is 7.31. The first-order valence-corrected chi connectivity index (χ1v) is 12.5. The Hall–Kier alpha value is -1.79. The fourth-order valence-corrected chi connectivity index (χ4v) is 5.35. The second kappa shape index (κ2) is 8.70. The van der Waals surface area contributed by atoms with E-state index in [1.54, 1.807) is 18.2 Å². The largest absolute Gasteiger partial charge is 0.293 e. The van der Waals surface area contributed by atoms with Gasteiger partial charge in [0, 0.05) is 16.3 Å². The number of nitrogens with one attached hydrogen (secondary N) is 1. The fraction of sp³-hybridized carbons (Fsp3) is 0.235. The monoisotopic (exact) mass is 456 g/mol. The molecule has 0 bridgehead atoms. The summed E-state index contributed by atoms with van der Waals surface area (Å²) >= 11 is 3.51. The highest BCUT2D eigenvalue weighted by Crippen LogP contribution is 2.33. The number of Topliss-reactive ketones (excluding diaryl/α,β-unsaturated/α-hetero) is 1. The number of rotatable bonds is 8. The number of sulfonamides is 1. The van der Waals surface area contributed by atoms with Gasteiger partial charge in [0.15, 0.2) is 5.78 Å². The first-order valence-electron chi connectivity index (χ1n) is 8.08. The Labute approximate surface area is 174 Å². The molecule has 0 atom stereocenters. The van der Waals surface area contributed by atoms with Gasteiger partial charge in [0.2, 0.25) is 10.0 Å². The summed E-state index contributed by atoms with van der Waals surface area (Å²) in [5.74, 6) is -0.794. The second-order valence-electron chi connectivity index (χ2n) is 5.89. The number of hydrogen-bond donors (Lipinski definition) is 1. The number of carbonyl (C=O) groups excluding carboxylic acids is 3. The van der Waals surface area contributed by atoms with Crippen LogP contribution in [0.2, 0.25) is 0 Å². The summed E-state index contributed by atoms with van der Waals surface area (Å²) in [4.78, 5) is 40.5. The molecule has 7 nitrogen and oxygen atoms in total. The number of amides is 2. The average Bonchev–Trinajstić information content (AvgIpc) is 3.33. The van der Waals surface area contributed by atoms with Crippen LogP contribution in [0, 0.1) is 0 Å². The van der Waals surface area contributed by atoms with Crippen LogP contribution in [-0.4, -0.2) is 49.6 Å². The molecule has 0 aromatic carbocycles. The van der Waals surface area contributed by atoms with Crippen molar-refractivity contribution < 1.29 is 22.8 Å². The van der Waals surface area contributed by atoms with E-state index in [-0.39, 0.29) is 18.9 Å². The Morgan fingerprint density at radius 3 is 2.71 bits per heavy atom. The van der Waals surface area contributed by atoms with Crippen molar-refractivity contribution in [3.63, 3.8) is 0 Å². The molecule has 1 fully saturated rings. The lowest BCUT2D eigenvalue weighted by Crippen LogP contribution is -2.33. The van der Waals surface area contributed by atoms with Crippen molar-refractivity contribution >= 4 is 67.5 Å². The van der Waals surface area contributed by atoms with Crippen molar-refractivity contribution in [2.24, 2.45) is 0 Å². The van der Waals surface area contributed by atoms with Crippen LogP contribution in [0.25, 0.3) is 6.08 Å². The zero-order valence-corrected chi connectivity index (χ0v) is 18.0. The molecule has 0 aliphatic carbocycles. The van der Waals surface area contributed by atoms with Gasteiger partial charge in [-0.15, -0.1) is 22.7 Å². The van der Waals surface area contributed by atoms with E-state index in [1.165, 1.54) is 22.7 Å². The maximum absolute atomic E-state index is 12.5. The number of thioether (sulfide) groups is 1. The second-order valence-corrected chi connectivity index (χ2v) is 10.9.